The van der Waals surface area contributed by atoms with Crippen molar-refractivity contribution < 1.29 is 32.4 Å². The molecule has 0 radical (unpaired) electrons. The minimum absolute atomic E-state index is 0. The third-order valence-corrected chi connectivity index (χ3v) is 3.29. The summed E-state index contributed by atoms with van der Waals surface area (Å²) in [5.74, 6) is 1.55. The van der Waals surface area contributed by atoms with Gasteiger partial charge in [0.1, 0.15) is 11.8 Å². The quantitative estimate of drug-likeness (QED) is 0.669. The Balaban J connectivity index is 0.00000220. The van der Waals surface area contributed by atoms with Gasteiger partial charge in [0.15, 0.2) is 6.10 Å². The maximum atomic E-state index is 10.1. The molecule has 1 heterocycles. The molecule has 21 heavy (non-hydrogen) atoms. The minimum Gasteiger partial charge on any atom is -1.00 e. The van der Waals surface area contributed by atoms with Gasteiger partial charge in [0.2, 0.25) is 5.89 Å². The first-order valence-electron chi connectivity index (χ1n) is 6.52. The highest BCUT2D eigenvalue weighted by molar-refractivity contribution is 5.53. The van der Waals surface area contributed by atoms with Crippen molar-refractivity contribution in [3.05, 3.63) is 30.2 Å². The number of rotatable bonds is 5. The summed E-state index contributed by atoms with van der Waals surface area (Å²) in [7, 11) is 1.61. The molecular weight excluding hydrogens is 294 g/mol. The van der Waals surface area contributed by atoms with Crippen LogP contribution in [0.2, 0.25) is 0 Å². The van der Waals surface area contributed by atoms with Crippen LogP contribution in [0.15, 0.2) is 28.7 Å². The second kappa shape index (κ2) is 7.40. The average molecular weight is 314 g/mol. The van der Waals surface area contributed by atoms with Gasteiger partial charge in [-0.25, -0.2) is 0 Å². The van der Waals surface area contributed by atoms with E-state index in [0.717, 1.165) is 11.3 Å². The number of nitrogens with zero attached hydrogens (tertiary/aromatic N) is 2. The lowest BCUT2D eigenvalue weighted by Crippen LogP contribution is -3.00. The van der Waals surface area contributed by atoms with Crippen LogP contribution in [0.3, 0.4) is 0 Å². The van der Waals surface area contributed by atoms with Gasteiger partial charge in [0, 0.05) is 11.5 Å². The molecule has 1 unspecified atom stereocenters. The lowest BCUT2D eigenvalue weighted by Gasteiger charge is -2.15. The monoisotopic (exact) mass is 313 g/mol. The van der Waals surface area contributed by atoms with Gasteiger partial charge in [0.05, 0.1) is 7.11 Å². The van der Waals surface area contributed by atoms with Crippen molar-refractivity contribution in [2.75, 3.05) is 7.11 Å². The maximum Gasteiger partial charge on any atom is 0.251 e. The first-order chi connectivity index (χ1) is 9.52. The summed E-state index contributed by atoms with van der Waals surface area (Å²) >= 11 is 0. The fourth-order valence-electron chi connectivity index (χ4n) is 1.75. The predicted molar refractivity (Wildman–Crippen MR) is 72.8 cm³/mol. The second-order valence-electron chi connectivity index (χ2n) is 5.03. The van der Waals surface area contributed by atoms with E-state index in [-0.39, 0.29) is 30.3 Å². The molecule has 0 aliphatic rings. The Bertz CT molecular complexity index is 557. The SMILES string of the molecule is COc1ccc(-c2nnc(C(O)[C@@H]([NH3+])C(C)C)o2)cc1.[Cl-]. The molecule has 0 bridgehead atoms. The van der Waals surface area contributed by atoms with Crippen molar-refractivity contribution in [2.45, 2.75) is 26.0 Å². The van der Waals surface area contributed by atoms with E-state index < -0.39 is 6.10 Å². The van der Waals surface area contributed by atoms with Crippen molar-refractivity contribution >= 4 is 0 Å². The molecule has 0 saturated heterocycles. The van der Waals surface area contributed by atoms with Crippen molar-refractivity contribution in [3.63, 3.8) is 0 Å². The Morgan fingerprint density at radius 2 is 1.81 bits per heavy atom. The third-order valence-electron chi connectivity index (χ3n) is 3.29. The number of ether oxygens (including phenoxy) is 1. The van der Waals surface area contributed by atoms with E-state index in [1.807, 2.05) is 38.1 Å². The number of hydrogen-bond donors (Lipinski definition) is 2. The Labute approximate surface area is 129 Å². The number of quaternary nitrogens is 1. The molecular formula is C14H20ClN3O3. The van der Waals surface area contributed by atoms with Crippen molar-refractivity contribution in [2.24, 2.45) is 5.92 Å². The summed E-state index contributed by atoms with van der Waals surface area (Å²) in [6, 6.07) is 7.08. The number of methoxy groups -OCH3 is 1. The van der Waals surface area contributed by atoms with E-state index in [0.29, 0.717) is 5.89 Å². The van der Waals surface area contributed by atoms with Crippen LogP contribution in [0.25, 0.3) is 11.5 Å². The molecule has 4 N–H and O–H groups in total. The van der Waals surface area contributed by atoms with Gasteiger partial charge in [-0.15, -0.1) is 10.2 Å². The number of hydrogen-bond acceptors (Lipinski definition) is 5. The molecule has 2 rings (SSSR count). The molecule has 116 valence electrons. The number of halogens is 1. The van der Waals surface area contributed by atoms with Crippen molar-refractivity contribution in [3.8, 4) is 17.2 Å². The van der Waals surface area contributed by atoms with E-state index >= 15 is 0 Å². The fraction of sp³-hybridized carbons (Fsp3) is 0.429. The lowest BCUT2D eigenvalue weighted by molar-refractivity contribution is -0.451. The molecule has 6 nitrogen and oxygen atoms in total. The van der Waals surface area contributed by atoms with Crippen molar-refractivity contribution in [1.82, 2.24) is 10.2 Å². The molecule has 1 aromatic heterocycles. The fourth-order valence-corrected chi connectivity index (χ4v) is 1.75. The molecule has 0 amide bonds. The maximum absolute atomic E-state index is 10.1. The normalized spacial score (nSPS) is 13.6. The highest BCUT2D eigenvalue weighted by Gasteiger charge is 2.28. The van der Waals surface area contributed by atoms with Gasteiger partial charge >= 0.3 is 0 Å². The molecule has 2 atom stereocenters. The number of aliphatic hydroxyl groups excluding tert-OH is 1. The van der Waals surface area contributed by atoms with E-state index in [1.54, 1.807) is 7.11 Å². The van der Waals surface area contributed by atoms with E-state index in [9.17, 15) is 5.11 Å². The molecule has 0 spiro atoms. The second-order valence-corrected chi connectivity index (χ2v) is 5.03. The van der Waals surface area contributed by atoms with Gasteiger partial charge in [-0.05, 0) is 24.3 Å². The van der Waals surface area contributed by atoms with Crippen molar-refractivity contribution in [1.29, 1.82) is 0 Å². The van der Waals surface area contributed by atoms with Gasteiger partial charge in [-0.3, -0.25) is 0 Å². The topological polar surface area (TPSA) is 96.0 Å². The summed E-state index contributed by atoms with van der Waals surface area (Å²) in [5.41, 5.74) is 4.70. The Morgan fingerprint density at radius 1 is 1.19 bits per heavy atom. The molecule has 0 fully saturated rings. The van der Waals surface area contributed by atoms with Gasteiger partial charge in [-0.1, -0.05) is 13.8 Å². The number of aromatic nitrogens is 2. The number of aliphatic hydroxyl groups is 1. The Morgan fingerprint density at radius 3 is 2.33 bits per heavy atom. The highest BCUT2D eigenvalue weighted by Crippen LogP contribution is 2.24. The largest absolute Gasteiger partial charge is 1.00 e. The molecule has 0 saturated carbocycles. The third kappa shape index (κ3) is 3.93. The summed E-state index contributed by atoms with van der Waals surface area (Å²) in [6.45, 7) is 3.98. The average Bonchev–Trinajstić information content (AvgIpc) is 2.95. The smallest absolute Gasteiger partial charge is 0.251 e. The zero-order valence-corrected chi connectivity index (χ0v) is 13.0. The summed E-state index contributed by atoms with van der Waals surface area (Å²) in [4.78, 5) is 0. The highest BCUT2D eigenvalue weighted by atomic mass is 35.5. The lowest BCUT2D eigenvalue weighted by atomic mass is 10.00. The summed E-state index contributed by atoms with van der Waals surface area (Å²) in [6.07, 6.45) is -0.852. The van der Waals surface area contributed by atoms with Crippen LogP contribution in [0.5, 0.6) is 5.75 Å². The zero-order chi connectivity index (χ0) is 14.7. The van der Waals surface area contributed by atoms with Gasteiger partial charge in [0.25, 0.3) is 5.89 Å². The van der Waals surface area contributed by atoms with Crippen LogP contribution in [-0.2, 0) is 0 Å². The Kier molecular flexibility index (Phi) is 6.14. The van der Waals surface area contributed by atoms with Crippen LogP contribution in [-0.4, -0.2) is 28.5 Å². The van der Waals surface area contributed by atoms with Crippen LogP contribution in [0.1, 0.15) is 25.8 Å². The first-order valence-corrected chi connectivity index (χ1v) is 6.52. The van der Waals surface area contributed by atoms with Gasteiger partial charge in [-0.2, -0.15) is 0 Å². The van der Waals surface area contributed by atoms with Crippen LogP contribution < -0.4 is 22.9 Å². The van der Waals surface area contributed by atoms with E-state index in [2.05, 4.69) is 15.9 Å². The first kappa shape index (κ1) is 17.4. The minimum atomic E-state index is -0.852. The molecule has 2 aromatic rings. The van der Waals surface area contributed by atoms with Crippen LogP contribution >= 0.6 is 0 Å². The number of benzene rings is 1. The molecule has 0 aliphatic carbocycles. The standard InChI is InChI=1S/C14H19N3O3.ClH/c1-8(2)11(15)12(18)14-17-16-13(20-14)9-4-6-10(19-3)7-5-9;/h4-8,11-12,18H,15H2,1-3H3;1H/t11-,12?;/m0./s1. The summed E-state index contributed by atoms with van der Waals surface area (Å²) in [5, 5.41) is 18.0. The van der Waals surface area contributed by atoms with E-state index in [1.165, 1.54) is 0 Å². The van der Waals surface area contributed by atoms with Gasteiger partial charge < -0.3 is 32.4 Å². The van der Waals surface area contributed by atoms with E-state index in [4.69, 9.17) is 9.15 Å². The summed E-state index contributed by atoms with van der Waals surface area (Å²) < 4.78 is 10.6. The van der Waals surface area contributed by atoms with Crippen LogP contribution in [0.4, 0.5) is 0 Å². The Hall–Kier alpha value is -1.63. The predicted octanol–water partition coefficient (Wildman–Crippen LogP) is -1.95. The molecule has 7 heteroatoms. The molecule has 1 aromatic carbocycles. The zero-order valence-electron chi connectivity index (χ0n) is 12.3. The van der Waals surface area contributed by atoms with Crippen LogP contribution in [0, 0.1) is 5.92 Å². The molecule has 0 aliphatic heterocycles.